The van der Waals surface area contributed by atoms with Crippen LogP contribution < -0.4 is 4.74 Å². The molecule has 0 fully saturated rings. The van der Waals surface area contributed by atoms with Gasteiger partial charge in [0.1, 0.15) is 5.75 Å². The second-order valence-electron chi connectivity index (χ2n) is 6.95. The van der Waals surface area contributed by atoms with Crippen LogP contribution in [0.25, 0.3) is 22.0 Å². The lowest BCUT2D eigenvalue weighted by molar-refractivity contribution is -0.128. The summed E-state index contributed by atoms with van der Waals surface area (Å²) in [5, 5.41) is 8.89. The van der Waals surface area contributed by atoms with Crippen molar-refractivity contribution < 1.29 is 9.53 Å². The van der Waals surface area contributed by atoms with Gasteiger partial charge >= 0.3 is 5.97 Å². The molecule has 0 aliphatic rings. The van der Waals surface area contributed by atoms with Crippen LogP contribution in [0.1, 0.15) is 30.0 Å². The van der Waals surface area contributed by atoms with Gasteiger partial charge in [0, 0.05) is 22.0 Å². The van der Waals surface area contributed by atoms with E-state index in [1.54, 1.807) is 6.07 Å². The van der Waals surface area contributed by atoms with E-state index in [4.69, 9.17) is 16.3 Å². The molecule has 4 nitrogen and oxygen atoms in total. The Kier molecular flexibility index (Phi) is 6.01. The summed E-state index contributed by atoms with van der Waals surface area (Å²) in [5.41, 5.74) is 5.61. The summed E-state index contributed by atoms with van der Waals surface area (Å²) in [6.45, 7) is 5.61. The summed E-state index contributed by atoms with van der Waals surface area (Å²) in [4.78, 5) is 12.0. The maximum absolute atomic E-state index is 12.0. The molecule has 0 amide bonds. The van der Waals surface area contributed by atoms with Gasteiger partial charge in [-0.2, -0.15) is 5.10 Å². The van der Waals surface area contributed by atoms with Crippen LogP contribution in [0.3, 0.4) is 0 Å². The van der Waals surface area contributed by atoms with Gasteiger partial charge in [0.05, 0.1) is 11.7 Å². The lowest BCUT2D eigenvalue weighted by Gasteiger charge is -2.19. The van der Waals surface area contributed by atoms with Gasteiger partial charge in [-0.3, -0.25) is 5.10 Å². The second kappa shape index (κ2) is 9.02. The Labute approximate surface area is 185 Å². The number of ether oxygens (including phenoxy) is 1. The van der Waals surface area contributed by atoms with E-state index in [0.717, 1.165) is 51.2 Å². The fourth-order valence-corrected chi connectivity index (χ4v) is 4.03. The maximum atomic E-state index is 12.0. The summed E-state index contributed by atoms with van der Waals surface area (Å²) in [5.74, 6) is -0.0509. The van der Waals surface area contributed by atoms with E-state index in [9.17, 15) is 4.79 Å². The molecule has 4 aromatic rings. The van der Waals surface area contributed by atoms with Crippen LogP contribution in [0.4, 0.5) is 0 Å². The predicted molar refractivity (Wildman–Crippen MR) is 126 cm³/mol. The molecule has 1 N–H and O–H groups in total. The minimum atomic E-state index is -0.510. The molecule has 1 aromatic heterocycles. The topological polar surface area (TPSA) is 55.0 Å². The first kappa shape index (κ1) is 20.6. The Morgan fingerprint density at radius 3 is 2.48 bits per heavy atom. The molecule has 0 atom stereocenters. The summed E-state index contributed by atoms with van der Waals surface area (Å²) in [6, 6.07) is 21.3. The average Bonchev–Trinajstić information content (AvgIpc) is 3.28. The molecule has 4 rings (SSSR count). The third-order valence-corrected chi connectivity index (χ3v) is 5.47. The number of carbonyl (C=O) groups excluding carboxylic acids is 1. The molecule has 0 aliphatic carbocycles. The summed E-state index contributed by atoms with van der Waals surface area (Å²) in [6.07, 6.45) is 3.69. The van der Waals surface area contributed by atoms with Crippen molar-refractivity contribution >= 4 is 39.6 Å². The highest BCUT2D eigenvalue weighted by molar-refractivity contribution is 6.32. The number of carbonyl (C=O) groups is 1. The lowest BCUT2D eigenvalue weighted by Crippen LogP contribution is -2.06. The Morgan fingerprint density at radius 2 is 1.74 bits per heavy atom. The number of nitrogens with zero attached hydrogens (tertiary/aromatic N) is 1. The van der Waals surface area contributed by atoms with Gasteiger partial charge in [-0.1, -0.05) is 73.6 Å². The zero-order valence-corrected chi connectivity index (χ0v) is 17.8. The number of fused-ring (bicyclic) bond motifs is 1. The van der Waals surface area contributed by atoms with Crippen molar-refractivity contribution in [3.05, 3.63) is 107 Å². The van der Waals surface area contributed by atoms with Crippen LogP contribution in [0.2, 0.25) is 5.02 Å². The van der Waals surface area contributed by atoms with Crippen molar-refractivity contribution in [1.29, 1.82) is 0 Å². The van der Waals surface area contributed by atoms with Gasteiger partial charge in [0.2, 0.25) is 0 Å². The van der Waals surface area contributed by atoms with Crippen LogP contribution in [-0.4, -0.2) is 16.2 Å². The number of benzene rings is 3. The predicted octanol–water partition coefficient (Wildman–Crippen LogP) is 6.68. The zero-order valence-electron chi connectivity index (χ0n) is 17.1. The minimum absolute atomic E-state index is 0.459. The summed E-state index contributed by atoms with van der Waals surface area (Å²) < 4.78 is 5.60. The van der Waals surface area contributed by atoms with Crippen molar-refractivity contribution in [1.82, 2.24) is 10.2 Å². The van der Waals surface area contributed by atoms with Gasteiger partial charge in [0.25, 0.3) is 0 Å². The Hall–Kier alpha value is -3.63. The number of H-pyrrole nitrogens is 1. The van der Waals surface area contributed by atoms with Gasteiger partial charge in [-0.15, -0.1) is 0 Å². The second-order valence-corrected chi connectivity index (χ2v) is 7.35. The Balaban J connectivity index is 2.09. The fourth-order valence-electron chi connectivity index (χ4n) is 3.78. The molecule has 0 bridgehead atoms. The number of aromatic amines is 1. The SMILES string of the molecule is C=CC(=O)Oc1ccccc1/C(=C(\CC)c1ccccc1Cl)c1cccc2[nH]ncc12. The number of hydrogen-bond donors (Lipinski definition) is 1. The van der Waals surface area contributed by atoms with Crippen molar-refractivity contribution in [3.63, 3.8) is 0 Å². The highest BCUT2D eigenvalue weighted by atomic mass is 35.5. The lowest BCUT2D eigenvalue weighted by atomic mass is 9.86. The molecule has 154 valence electrons. The monoisotopic (exact) mass is 428 g/mol. The third kappa shape index (κ3) is 4.03. The number of allylic oxidation sites excluding steroid dienone is 1. The Morgan fingerprint density at radius 1 is 1.03 bits per heavy atom. The molecule has 0 aliphatic heterocycles. The number of para-hydroxylation sites is 1. The van der Waals surface area contributed by atoms with Gasteiger partial charge in [-0.25, -0.2) is 4.79 Å². The molecule has 0 spiro atoms. The highest BCUT2D eigenvalue weighted by Crippen LogP contribution is 2.42. The largest absolute Gasteiger partial charge is 0.423 e. The number of esters is 1. The quantitative estimate of drug-likeness (QED) is 0.161. The van der Waals surface area contributed by atoms with Crippen LogP contribution >= 0.6 is 11.6 Å². The van der Waals surface area contributed by atoms with Gasteiger partial charge in [0.15, 0.2) is 0 Å². The zero-order chi connectivity index (χ0) is 21.8. The van der Waals surface area contributed by atoms with Crippen molar-refractivity contribution in [2.45, 2.75) is 13.3 Å². The summed E-state index contributed by atoms with van der Waals surface area (Å²) in [7, 11) is 0. The molecular weight excluding hydrogens is 408 g/mol. The molecule has 0 saturated heterocycles. The van der Waals surface area contributed by atoms with E-state index >= 15 is 0 Å². The molecular formula is C26H21ClN2O2. The van der Waals surface area contributed by atoms with Crippen molar-refractivity contribution in [3.8, 4) is 5.75 Å². The number of nitrogens with one attached hydrogen (secondary N) is 1. The first-order chi connectivity index (χ1) is 15.1. The van der Waals surface area contributed by atoms with Crippen LogP contribution in [0.15, 0.2) is 85.6 Å². The summed E-state index contributed by atoms with van der Waals surface area (Å²) >= 11 is 6.61. The van der Waals surface area contributed by atoms with E-state index in [1.807, 2.05) is 66.9 Å². The van der Waals surface area contributed by atoms with E-state index in [1.165, 1.54) is 0 Å². The molecule has 0 radical (unpaired) electrons. The Bertz CT molecular complexity index is 1300. The number of hydrogen-bond acceptors (Lipinski definition) is 3. The average molecular weight is 429 g/mol. The molecule has 3 aromatic carbocycles. The van der Waals surface area contributed by atoms with Crippen molar-refractivity contribution in [2.24, 2.45) is 0 Å². The standard InChI is InChI=1S/C26H21ClN2O2/c1-3-17(18-10-5-7-13-22(18)27)26(19-12-9-14-23-21(19)16-28-29-23)20-11-6-8-15-24(20)31-25(30)4-2/h4-16H,2-3H2,1H3,(H,28,29)/b26-17+. The highest BCUT2D eigenvalue weighted by Gasteiger charge is 2.21. The number of halogens is 1. The van der Waals surface area contributed by atoms with E-state index in [-0.39, 0.29) is 0 Å². The van der Waals surface area contributed by atoms with Gasteiger partial charge in [-0.05, 0) is 46.9 Å². The van der Waals surface area contributed by atoms with Gasteiger partial charge < -0.3 is 4.74 Å². The maximum Gasteiger partial charge on any atom is 0.335 e. The normalized spacial score (nSPS) is 11.8. The number of rotatable bonds is 6. The molecule has 1 heterocycles. The van der Waals surface area contributed by atoms with Crippen molar-refractivity contribution in [2.75, 3.05) is 0 Å². The molecule has 0 unspecified atom stereocenters. The van der Waals surface area contributed by atoms with E-state index < -0.39 is 5.97 Å². The molecule has 5 heteroatoms. The van der Waals surface area contributed by atoms with E-state index in [0.29, 0.717) is 10.8 Å². The smallest absolute Gasteiger partial charge is 0.335 e. The number of aromatic nitrogens is 2. The molecule has 31 heavy (non-hydrogen) atoms. The van der Waals surface area contributed by atoms with E-state index in [2.05, 4.69) is 23.7 Å². The fraction of sp³-hybridized carbons (Fsp3) is 0.0769. The van der Waals surface area contributed by atoms with Crippen LogP contribution in [0, 0.1) is 0 Å². The minimum Gasteiger partial charge on any atom is -0.423 e. The van der Waals surface area contributed by atoms with Crippen LogP contribution in [-0.2, 0) is 4.79 Å². The third-order valence-electron chi connectivity index (χ3n) is 5.14. The first-order valence-corrected chi connectivity index (χ1v) is 10.4. The molecule has 0 saturated carbocycles. The first-order valence-electron chi connectivity index (χ1n) is 9.98. The van der Waals surface area contributed by atoms with Crippen LogP contribution in [0.5, 0.6) is 5.75 Å².